The summed E-state index contributed by atoms with van der Waals surface area (Å²) in [4.78, 5) is 11.9. The molecule has 11 heteroatoms. The van der Waals surface area contributed by atoms with Crippen LogP contribution in [-0.4, -0.2) is 46.8 Å². The number of benzene rings is 2. The predicted octanol–water partition coefficient (Wildman–Crippen LogP) is 5.41. The summed E-state index contributed by atoms with van der Waals surface area (Å²) >= 11 is 6.50. The second kappa shape index (κ2) is 12.0. The van der Waals surface area contributed by atoms with Gasteiger partial charge in [0.25, 0.3) is 0 Å². The zero-order chi connectivity index (χ0) is 28.4. The molecule has 3 atom stereocenters. The molecule has 2 aliphatic rings. The van der Waals surface area contributed by atoms with Crippen molar-refractivity contribution in [2.24, 2.45) is 18.9 Å². The number of carbonyl (C=O) groups is 1. The average Bonchev–Trinajstić information content (AvgIpc) is 3.59. The minimum atomic E-state index is -3.52. The Morgan fingerprint density at radius 1 is 1.12 bits per heavy atom. The standard InChI is InChI=1S/C29H37ClN4O5S/c1-34-29-26(32-33-34)14-21(15-27(29)39-2)24(16-28(35)36)20-9-11-25(30)22(12-20)17-31-40(37,38)23-10-8-19(13-23)18-6-4-3-5-7-18/h9,11-12,14-15,18-19,23-24,31H,3-8,10,13,16-17H2,1-2H3,(H,35,36). The van der Waals surface area contributed by atoms with Gasteiger partial charge in [0.1, 0.15) is 16.8 Å². The Kier molecular flexibility index (Phi) is 8.68. The summed E-state index contributed by atoms with van der Waals surface area (Å²) in [5, 5.41) is 18.0. The molecule has 2 aliphatic carbocycles. The van der Waals surface area contributed by atoms with Gasteiger partial charge in [0, 0.05) is 24.5 Å². The Bertz CT molecular complexity index is 1490. The van der Waals surface area contributed by atoms with Crippen molar-refractivity contribution in [3.63, 3.8) is 0 Å². The van der Waals surface area contributed by atoms with Crippen LogP contribution in [0.1, 0.15) is 80.4 Å². The fraction of sp³-hybridized carbons (Fsp3) is 0.552. The van der Waals surface area contributed by atoms with Crippen LogP contribution in [0.3, 0.4) is 0 Å². The average molecular weight is 589 g/mol. The van der Waals surface area contributed by atoms with Crippen LogP contribution in [0.2, 0.25) is 5.02 Å². The van der Waals surface area contributed by atoms with Crippen molar-refractivity contribution in [3.8, 4) is 5.75 Å². The lowest BCUT2D eigenvalue weighted by molar-refractivity contribution is -0.137. The van der Waals surface area contributed by atoms with Crippen LogP contribution in [0.5, 0.6) is 5.75 Å². The summed E-state index contributed by atoms with van der Waals surface area (Å²) in [6, 6.07) is 8.90. The van der Waals surface area contributed by atoms with Gasteiger partial charge in [-0.05, 0) is 66.0 Å². The smallest absolute Gasteiger partial charge is 0.304 e. The van der Waals surface area contributed by atoms with Crippen molar-refractivity contribution in [2.75, 3.05) is 7.11 Å². The molecule has 1 heterocycles. The molecule has 2 saturated carbocycles. The first kappa shape index (κ1) is 28.8. The highest BCUT2D eigenvalue weighted by Crippen LogP contribution is 2.41. The molecule has 0 spiro atoms. The monoisotopic (exact) mass is 588 g/mol. The number of nitrogens with zero attached hydrogens (tertiary/aromatic N) is 3. The highest BCUT2D eigenvalue weighted by atomic mass is 35.5. The van der Waals surface area contributed by atoms with Crippen LogP contribution in [0, 0.1) is 11.8 Å². The molecule has 2 N–H and O–H groups in total. The largest absolute Gasteiger partial charge is 0.494 e. The van der Waals surface area contributed by atoms with E-state index in [1.54, 1.807) is 43.1 Å². The van der Waals surface area contributed by atoms with E-state index in [-0.39, 0.29) is 18.2 Å². The van der Waals surface area contributed by atoms with E-state index in [2.05, 4.69) is 15.0 Å². The van der Waals surface area contributed by atoms with Gasteiger partial charge in [0.05, 0.1) is 18.8 Å². The number of halogens is 1. The molecular weight excluding hydrogens is 552 g/mol. The number of aliphatic carboxylic acids is 1. The summed E-state index contributed by atoms with van der Waals surface area (Å²) in [7, 11) is -0.207. The number of hydrogen-bond donors (Lipinski definition) is 2. The Morgan fingerprint density at radius 2 is 1.90 bits per heavy atom. The third kappa shape index (κ3) is 6.14. The number of carboxylic acid groups (broad SMARTS) is 1. The van der Waals surface area contributed by atoms with Gasteiger partial charge >= 0.3 is 5.97 Å². The van der Waals surface area contributed by atoms with Gasteiger partial charge in [-0.3, -0.25) is 4.79 Å². The third-order valence-electron chi connectivity index (χ3n) is 8.80. The van der Waals surface area contributed by atoms with Crippen LogP contribution in [0.4, 0.5) is 0 Å². The van der Waals surface area contributed by atoms with Gasteiger partial charge in [0.2, 0.25) is 10.0 Å². The number of aryl methyl sites for hydroxylation is 1. The van der Waals surface area contributed by atoms with Crippen LogP contribution < -0.4 is 9.46 Å². The van der Waals surface area contributed by atoms with Gasteiger partial charge in [-0.2, -0.15) is 0 Å². The maximum absolute atomic E-state index is 13.3. The Hall–Kier alpha value is -2.69. The number of hydrogen-bond acceptors (Lipinski definition) is 6. The molecule has 216 valence electrons. The highest BCUT2D eigenvalue weighted by Gasteiger charge is 2.37. The molecule has 1 aromatic heterocycles. The van der Waals surface area contributed by atoms with Gasteiger partial charge in [-0.1, -0.05) is 61.1 Å². The zero-order valence-electron chi connectivity index (χ0n) is 23.0. The summed E-state index contributed by atoms with van der Waals surface area (Å²) in [6.45, 7) is 0.0475. The van der Waals surface area contributed by atoms with Crippen molar-refractivity contribution in [2.45, 2.75) is 75.5 Å². The molecule has 2 fully saturated rings. The number of fused-ring (bicyclic) bond motifs is 1. The predicted molar refractivity (Wildman–Crippen MR) is 154 cm³/mol. The molecular formula is C29H37ClN4O5S. The molecule has 2 aromatic carbocycles. The molecule has 0 radical (unpaired) electrons. The van der Waals surface area contributed by atoms with Crippen LogP contribution in [0.25, 0.3) is 11.0 Å². The molecule has 0 amide bonds. The second-order valence-corrected chi connectivity index (χ2v) is 13.7. The number of ether oxygens (including phenoxy) is 1. The molecule has 3 unspecified atom stereocenters. The van der Waals surface area contributed by atoms with Crippen LogP contribution in [-0.2, 0) is 28.4 Å². The lowest BCUT2D eigenvalue weighted by Gasteiger charge is -2.27. The molecule has 5 rings (SSSR count). The van der Waals surface area contributed by atoms with Crippen molar-refractivity contribution in [1.82, 2.24) is 19.7 Å². The van der Waals surface area contributed by atoms with Crippen molar-refractivity contribution < 1.29 is 23.1 Å². The third-order valence-corrected chi connectivity index (χ3v) is 11.0. The first-order valence-corrected chi connectivity index (χ1v) is 15.9. The van der Waals surface area contributed by atoms with E-state index >= 15 is 0 Å². The van der Waals surface area contributed by atoms with Gasteiger partial charge < -0.3 is 9.84 Å². The number of methoxy groups -OCH3 is 1. The van der Waals surface area contributed by atoms with E-state index in [0.29, 0.717) is 56.8 Å². The summed E-state index contributed by atoms with van der Waals surface area (Å²) < 4.78 is 36.5. The lowest BCUT2D eigenvalue weighted by atomic mass is 9.79. The number of rotatable bonds is 10. The topological polar surface area (TPSA) is 123 Å². The summed E-state index contributed by atoms with van der Waals surface area (Å²) in [5.41, 5.74) is 3.33. The molecule has 0 aliphatic heterocycles. The summed E-state index contributed by atoms with van der Waals surface area (Å²) in [6.07, 6.45) is 8.47. The lowest BCUT2D eigenvalue weighted by Crippen LogP contribution is -2.33. The molecule has 9 nitrogen and oxygen atoms in total. The van der Waals surface area contributed by atoms with Gasteiger partial charge in [-0.25, -0.2) is 17.8 Å². The maximum atomic E-state index is 13.3. The molecule has 3 aromatic rings. The second-order valence-electron chi connectivity index (χ2n) is 11.3. The molecule has 40 heavy (non-hydrogen) atoms. The minimum Gasteiger partial charge on any atom is -0.494 e. The van der Waals surface area contributed by atoms with E-state index in [1.807, 2.05) is 6.07 Å². The van der Waals surface area contributed by atoms with E-state index in [1.165, 1.54) is 32.1 Å². The van der Waals surface area contributed by atoms with Crippen molar-refractivity contribution in [1.29, 1.82) is 0 Å². The summed E-state index contributed by atoms with van der Waals surface area (Å²) in [5.74, 6) is 0.200. The number of sulfonamides is 1. The number of nitrogens with one attached hydrogen (secondary N) is 1. The Morgan fingerprint density at radius 3 is 2.62 bits per heavy atom. The molecule has 0 bridgehead atoms. The fourth-order valence-corrected chi connectivity index (χ4v) is 8.39. The van der Waals surface area contributed by atoms with Gasteiger partial charge in [0.15, 0.2) is 0 Å². The van der Waals surface area contributed by atoms with E-state index in [4.69, 9.17) is 16.3 Å². The van der Waals surface area contributed by atoms with Crippen molar-refractivity contribution in [3.05, 3.63) is 52.0 Å². The van der Waals surface area contributed by atoms with E-state index in [9.17, 15) is 18.3 Å². The van der Waals surface area contributed by atoms with E-state index < -0.39 is 21.9 Å². The SMILES string of the molecule is COc1cc(C(CC(=O)O)c2ccc(Cl)c(CNS(=O)(=O)C3CCC(C4CCCCC4)C3)c2)cc2nnn(C)c12. The maximum Gasteiger partial charge on any atom is 0.304 e. The van der Waals surface area contributed by atoms with Crippen LogP contribution >= 0.6 is 11.6 Å². The molecule has 0 saturated heterocycles. The Balaban J connectivity index is 1.36. The van der Waals surface area contributed by atoms with Crippen LogP contribution in [0.15, 0.2) is 30.3 Å². The minimum absolute atomic E-state index is 0.0475. The van der Waals surface area contributed by atoms with Crippen molar-refractivity contribution >= 4 is 38.6 Å². The Labute approximate surface area is 240 Å². The van der Waals surface area contributed by atoms with E-state index in [0.717, 1.165) is 12.8 Å². The highest BCUT2D eigenvalue weighted by molar-refractivity contribution is 7.90. The quantitative estimate of drug-likeness (QED) is 0.325. The number of carboxylic acids is 1. The van der Waals surface area contributed by atoms with Gasteiger partial charge in [-0.15, -0.1) is 5.10 Å². The first-order chi connectivity index (χ1) is 19.2. The first-order valence-electron chi connectivity index (χ1n) is 14.0. The number of aromatic nitrogens is 3. The normalized spacial score (nSPS) is 21.1. The fourth-order valence-electron chi connectivity index (χ4n) is 6.67. The zero-order valence-corrected chi connectivity index (χ0v) is 24.5.